The second-order valence-corrected chi connectivity index (χ2v) is 20.2. The molecule has 0 aromatic carbocycles. The molecular weight excluding hydrogens is 728 g/mol. The number of fused-ring (bicyclic) bond motifs is 5. The summed E-state index contributed by atoms with van der Waals surface area (Å²) >= 11 is 0. The Kier molecular flexibility index (Phi) is 12.7. The molecule has 6 aliphatic rings. The minimum atomic E-state index is -1.61. The van der Waals surface area contributed by atoms with Crippen molar-refractivity contribution in [1.29, 1.82) is 0 Å². The maximum atomic E-state index is 12.6. The first-order valence-corrected chi connectivity index (χ1v) is 21.0. The van der Waals surface area contributed by atoms with E-state index in [2.05, 4.69) is 26.8 Å². The van der Waals surface area contributed by atoms with E-state index in [-0.39, 0.29) is 23.7 Å². The standard InChI is InChI=1S/C42H72O14/c1-20(2)10-9-13-42(8,56-37-34(52)32(50)30(48)25(19-44)55-37)21-11-15-40(6)28(21)22(45)16-26-39(5)14-12-27(46)38(3,4)35(39)23(17-41(26,40)7)53-36-33(51)31(49)29(47)24(18-43)54-36/h10,21-37,43-52H,9,11-19H2,1-8H3/t21-,22+,23-,24+,25+,26+,27+,28-,29+,30+,31-,32-,33+,34+,35-,36+,37-,39+,40+,41+,42-/m0/s1. The fraction of sp³-hybridized carbons (Fsp3) is 0.952. The van der Waals surface area contributed by atoms with Gasteiger partial charge in [0.05, 0.1) is 37.1 Å². The summed E-state index contributed by atoms with van der Waals surface area (Å²) in [6, 6.07) is 0. The largest absolute Gasteiger partial charge is 0.394 e. The van der Waals surface area contributed by atoms with Crippen molar-refractivity contribution in [3.8, 4) is 0 Å². The molecule has 0 spiro atoms. The predicted molar refractivity (Wildman–Crippen MR) is 202 cm³/mol. The van der Waals surface area contributed by atoms with Crippen molar-refractivity contribution in [2.75, 3.05) is 13.2 Å². The summed E-state index contributed by atoms with van der Waals surface area (Å²) in [6.07, 6.45) is -9.52. The average Bonchev–Trinajstić information content (AvgIpc) is 3.52. The van der Waals surface area contributed by atoms with Crippen LogP contribution in [0.4, 0.5) is 0 Å². The van der Waals surface area contributed by atoms with Crippen LogP contribution in [0.15, 0.2) is 11.6 Å². The number of hydrogen-bond acceptors (Lipinski definition) is 14. The molecular formula is C42H72O14. The Hall–Kier alpha value is -0.820. The summed E-state index contributed by atoms with van der Waals surface area (Å²) in [5, 5.41) is 109. The predicted octanol–water partition coefficient (Wildman–Crippen LogP) is 1.12. The summed E-state index contributed by atoms with van der Waals surface area (Å²) in [4.78, 5) is 0. The van der Waals surface area contributed by atoms with E-state index < -0.39 is 120 Å². The van der Waals surface area contributed by atoms with Gasteiger partial charge in [0.2, 0.25) is 0 Å². The van der Waals surface area contributed by atoms with Gasteiger partial charge in [0.15, 0.2) is 12.6 Å². The fourth-order valence-corrected chi connectivity index (χ4v) is 13.5. The Morgan fingerprint density at radius 3 is 1.89 bits per heavy atom. The zero-order valence-corrected chi connectivity index (χ0v) is 34.6. The molecule has 324 valence electrons. The molecule has 14 nitrogen and oxygen atoms in total. The van der Waals surface area contributed by atoms with Gasteiger partial charge in [-0.05, 0) is 117 Å². The Balaban J connectivity index is 1.39. The molecule has 6 rings (SSSR count). The second-order valence-electron chi connectivity index (χ2n) is 20.2. The van der Waals surface area contributed by atoms with Crippen molar-refractivity contribution in [3.63, 3.8) is 0 Å². The van der Waals surface area contributed by atoms with Crippen LogP contribution in [0.5, 0.6) is 0 Å². The first-order chi connectivity index (χ1) is 26.0. The summed E-state index contributed by atoms with van der Waals surface area (Å²) in [7, 11) is 0. The molecule has 14 heteroatoms. The van der Waals surface area contributed by atoms with E-state index in [0.717, 1.165) is 12.0 Å². The van der Waals surface area contributed by atoms with Gasteiger partial charge < -0.3 is 70.0 Å². The van der Waals surface area contributed by atoms with Crippen LogP contribution in [-0.2, 0) is 18.9 Å². The maximum absolute atomic E-state index is 12.6. The van der Waals surface area contributed by atoms with E-state index in [1.54, 1.807) is 0 Å². The highest BCUT2D eigenvalue weighted by molar-refractivity contribution is 5.22. The lowest BCUT2D eigenvalue weighted by molar-refractivity contribution is -0.349. The van der Waals surface area contributed by atoms with Gasteiger partial charge in [-0.15, -0.1) is 0 Å². The maximum Gasteiger partial charge on any atom is 0.187 e. The Morgan fingerprint density at radius 1 is 0.750 bits per heavy atom. The van der Waals surface area contributed by atoms with Gasteiger partial charge in [-0.3, -0.25) is 0 Å². The van der Waals surface area contributed by atoms with Crippen molar-refractivity contribution in [2.24, 2.45) is 45.3 Å². The summed E-state index contributed by atoms with van der Waals surface area (Å²) in [6.45, 7) is 15.7. The van der Waals surface area contributed by atoms with E-state index in [1.807, 2.05) is 34.6 Å². The number of ether oxygens (including phenoxy) is 4. The van der Waals surface area contributed by atoms with E-state index >= 15 is 0 Å². The topological polar surface area (TPSA) is 239 Å². The van der Waals surface area contributed by atoms with Crippen molar-refractivity contribution in [2.45, 2.75) is 192 Å². The summed E-state index contributed by atoms with van der Waals surface area (Å²) < 4.78 is 25.4. The highest BCUT2D eigenvalue weighted by atomic mass is 16.7. The lowest BCUT2D eigenvalue weighted by Crippen LogP contribution is -2.71. The molecule has 2 aliphatic heterocycles. The third-order valence-corrected chi connectivity index (χ3v) is 16.6. The van der Waals surface area contributed by atoms with Crippen LogP contribution in [0.1, 0.15) is 107 Å². The van der Waals surface area contributed by atoms with Crippen LogP contribution in [0.25, 0.3) is 0 Å². The Morgan fingerprint density at radius 2 is 1.32 bits per heavy atom. The van der Waals surface area contributed by atoms with Crippen LogP contribution < -0.4 is 0 Å². The fourth-order valence-electron chi connectivity index (χ4n) is 13.5. The number of rotatable bonds is 10. The SMILES string of the molecule is CC(C)=CCC[C@](C)(O[C@@H]1O[C@H](CO)[C@@H](O)[C@H](O)[C@H]1O)[C@H]1CC[C@]2(C)[C@@H]1[C@H](O)C[C@@H]1[C@@]3(C)CC[C@@H](O)C(C)(C)[C@@H]3[C@@H](O[C@@H]3O[C@H](CO)[C@@H](O)[C@H](O)[C@H]3O)C[C@]12C. The van der Waals surface area contributed by atoms with Crippen molar-refractivity contribution >= 4 is 0 Å². The van der Waals surface area contributed by atoms with E-state index in [1.165, 1.54) is 0 Å². The number of allylic oxidation sites excluding steroid dienone is 2. The highest BCUT2D eigenvalue weighted by Gasteiger charge is 2.74. The van der Waals surface area contributed by atoms with Gasteiger partial charge in [-0.1, -0.05) is 46.3 Å². The first-order valence-electron chi connectivity index (χ1n) is 21.0. The van der Waals surface area contributed by atoms with Crippen LogP contribution in [0, 0.1) is 45.3 Å². The molecule has 4 aliphatic carbocycles. The van der Waals surface area contributed by atoms with Crippen LogP contribution >= 0.6 is 0 Å². The number of aliphatic hydroxyl groups excluding tert-OH is 10. The van der Waals surface area contributed by atoms with E-state index in [0.29, 0.717) is 44.9 Å². The van der Waals surface area contributed by atoms with Gasteiger partial charge in [-0.2, -0.15) is 0 Å². The van der Waals surface area contributed by atoms with Crippen LogP contribution in [-0.4, -0.2) is 150 Å². The van der Waals surface area contributed by atoms with E-state index in [4.69, 9.17) is 18.9 Å². The van der Waals surface area contributed by atoms with Gasteiger partial charge >= 0.3 is 0 Å². The monoisotopic (exact) mass is 800 g/mol. The van der Waals surface area contributed by atoms with E-state index in [9.17, 15) is 51.1 Å². The van der Waals surface area contributed by atoms with Crippen LogP contribution in [0.3, 0.4) is 0 Å². The van der Waals surface area contributed by atoms with Gasteiger partial charge in [0.25, 0.3) is 0 Å². The average molecular weight is 801 g/mol. The molecule has 0 bridgehead atoms. The molecule has 4 saturated carbocycles. The van der Waals surface area contributed by atoms with Gasteiger partial charge in [0.1, 0.15) is 48.8 Å². The molecule has 21 atom stereocenters. The van der Waals surface area contributed by atoms with Crippen molar-refractivity contribution in [1.82, 2.24) is 0 Å². The highest BCUT2D eigenvalue weighted by Crippen LogP contribution is 2.76. The van der Waals surface area contributed by atoms with Crippen molar-refractivity contribution < 1.29 is 70.0 Å². The van der Waals surface area contributed by atoms with Crippen molar-refractivity contribution in [3.05, 3.63) is 11.6 Å². The minimum absolute atomic E-state index is 0.000258. The third-order valence-electron chi connectivity index (χ3n) is 16.6. The van der Waals surface area contributed by atoms with Gasteiger partial charge in [-0.25, -0.2) is 0 Å². The smallest absolute Gasteiger partial charge is 0.187 e. The summed E-state index contributed by atoms with van der Waals surface area (Å²) in [5.74, 6) is -0.781. The molecule has 2 saturated heterocycles. The molecule has 0 unspecified atom stereocenters. The molecule has 56 heavy (non-hydrogen) atoms. The van der Waals surface area contributed by atoms with Crippen LogP contribution in [0.2, 0.25) is 0 Å². The molecule has 0 amide bonds. The zero-order valence-electron chi connectivity index (χ0n) is 34.6. The number of aliphatic hydroxyl groups is 10. The Labute approximate surface area is 331 Å². The normalized spacial score (nSPS) is 52.6. The molecule has 0 aromatic rings. The molecule has 6 fully saturated rings. The van der Waals surface area contributed by atoms with Gasteiger partial charge in [0, 0.05) is 0 Å². The molecule has 0 aromatic heterocycles. The zero-order chi connectivity index (χ0) is 41.5. The molecule has 2 heterocycles. The third kappa shape index (κ3) is 7.06. The minimum Gasteiger partial charge on any atom is -0.394 e. The quantitative estimate of drug-likeness (QED) is 0.110. The first kappa shape index (κ1) is 44.7. The lowest BCUT2D eigenvalue weighted by atomic mass is 9.34. The lowest BCUT2D eigenvalue weighted by Gasteiger charge is -2.72. The Bertz CT molecular complexity index is 1400. The number of hydrogen-bond donors (Lipinski definition) is 10. The second kappa shape index (κ2) is 15.9. The molecule has 0 radical (unpaired) electrons. The molecule has 10 N–H and O–H groups in total. The summed E-state index contributed by atoms with van der Waals surface area (Å²) in [5.41, 5.74) is -1.92.